The summed E-state index contributed by atoms with van der Waals surface area (Å²) in [7, 11) is 0. The molecule has 1 saturated heterocycles. The van der Waals surface area contributed by atoms with Crippen molar-refractivity contribution in [2.75, 3.05) is 42.9 Å². The molecule has 2 heterocycles. The molecule has 1 saturated carbocycles. The number of urea groups is 1. The lowest BCUT2D eigenvalue weighted by Gasteiger charge is -2.36. The number of nitrogens with zero attached hydrogens (tertiary/aromatic N) is 4. The zero-order valence-electron chi connectivity index (χ0n) is 15.2. The summed E-state index contributed by atoms with van der Waals surface area (Å²) in [6.45, 7) is 2.26. The average Bonchev–Trinajstić information content (AvgIpc) is 3.46. The molecule has 2 aliphatic rings. The third kappa shape index (κ3) is 4.56. The summed E-state index contributed by atoms with van der Waals surface area (Å²) in [5, 5.41) is 14.8. The molecular weight excluding hydrogens is 383 g/mol. The van der Waals surface area contributed by atoms with Gasteiger partial charge in [-0.15, -0.1) is 10.2 Å². The number of amides is 3. The third-order valence-corrected chi connectivity index (χ3v) is 5.77. The minimum Gasteiger partial charge on any atom is -0.368 e. The predicted molar refractivity (Wildman–Crippen MR) is 104 cm³/mol. The SMILES string of the molecule is O=C(CNC(=O)N1CCN(c2ccc(F)cc2)CC1)Nc1nnc(C2CC2)s1. The number of carbonyl (C=O) groups is 2. The number of benzene rings is 1. The zero-order valence-corrected chi connectivity index (χ0v) is 16.0. The summed E-state index contributed by atoms with van der Waals surface area (Å²) in [6, 6.07) is 6.05. The molecule has 1 aromatic heterocycles. The van der Waals surface area contributed by atoms with Crippen LogP contribution in [-0.2, 0) is 4.79 Å². The minimum atomic E-state index is -0.322. The first-order chi connectivity index (χ1) is 13.6. The van der Waals surface area contributed by atoms with Crippen molar-refractivity contribution in [3.05, 3.63) is 35.1 Å². The molecule has 2 fully saturated rings. The van der Waals surface area contributed by atoms with Crippen molar-refractivity contribution in [2.24, 2.45) is 0 Å². The molecule has 4 rings (SSSR count). The molecule has 10 heteroatoms. The highest BCUT2D eigenvalue weighted by Gasteiger charge is 2.28. The Morgan fingerprint density at radius 1 is 1.11 bits per heavy atom. The molecule has 0 radical (unpaired) electrons. The van der Waals surface area contributed by atoms with Crippen molar-refractivity contribution >= 4 is 34.1 Å². The number of anilines is 2. The summed E-state index contributed by atoms with van der Waals surface area (Å²) in [4.78, 5) is 28.1. The van der Waals surface area contributed by atoms with E-state index >= 15 is 0 Å². The van der Waals surface area contributed by atoms with E-state index in [9.17, 15) is 14.0 Å². The van der Waals surface area contributed by atoms with Crippen LogP contribution in [0.5, 0.6) is 0 Å². The molecule has 1 aliphatic carbocycles. The fourth-order valence-corrected chi connectivity index (χ4v) is 3.96. The maximum atomic E-state index is 13.0. The second kappa shape index (κ2) is 8.09. The summed E-state index contributed by atoms with van der Waals surface area (Å²) in [5.74, 6) is -0.0921. The summed E-state index contributed by atoms with van der Waals surface area (Å²) in [5.41, 5.74) is 0.934. The molecule has 0 unspecified atom stereocenters. The van der Waals surface area contributed by atoms with Gasteiger partial charge in [0.25, 0.3) is 0 Å². The van der Waals surface area contributed by atoms with Gasteiger partial charge in [0.2, 0.25) is 11.0 Å². The van der Waals surface area contributed by atoms with Gasteiger partial charge in [0, 0.05) is 37.8 Å². The molecule has 0 bridgehead atoms. The summed E-state index contributed by atoms with van der Waals surface area (Å²) < 4.78 is 13.0. The van der Waals surface area contributed by atoms with Crippen molar-refractivity contribution < 1.29 is 14.0 Å². The number of rotatable bonds is 5. The van der Waals surface area contributed by atoms with Crippen LogP contribution in [0, 0.1) is 5.82 Å². The van der Waals surface area contributed by atoms with E-state index in [-0.39, 0.29) is 24.3 Å². The van der Waals surface area contributed by atoms with Gasteiger partial charge in [0.1, 0.15) is 10.8 Å². The minimum absolute atomic E-state index is 0.116. The van der Waals surface area contributed by atoms with E-state index in [1.807, 2.05) is 0 Å². The molecule has 148 valence electrons. The second-order valence-corrected chi connectivity index (χ2v) is 7.89. The number of carbonyl (C=O) groups excluding carboxylic acids is 2. The quantitative estimate of drug-likeness (QED) is 0.796. The largest absolute Gasteiger partial charge is 0.368 e. The Morgan fingerprint density at radius 3 is 2.50 bits per heavy atom. The van der Waals surface area contributed by atoms with Crippen LogP contribution in [0.4, 0.5) is 20.0 Å². The highest BCUT2D eigenvalue weighted by molar-refractivity contribution is 7.15. The number of nitrogens with one attached hydrogen (secondary N) is 2. The Balaban J connectivity index is 1.19. The number of halogens is 1. The molecule has 28 heavy (non-hydrogen) atoms. The smallest absolute Gasteiger partial charge is 0.317 e. The Kier molecular flexibility index (Phi) is 5.38. The van der Waals surface area contributed by atoms with Crippen LogP contribution in [0.25, 0.3) is 0 Å². The lowest BCUT2D eigenvalue weighted by Crippen LogP contribution is -2.52. The third-order valence-electron chi connectivity index (χ3n) is 4.77. The van der Waals surface area contributed by atoms with Gasteiger partial charge in [0.15, 0.2) is 0 Å². The molecule has 1 aliphatic heterocycles. The maximum absolute atomic E-state index is 13.0. The molecule has 3 amide bonds. The molecule has 0 atom stereocenters. The van der Waals surface area contributed by atoms with Crippen LogP contribution in [0.15, 0.2) is 24.3 Å². The second-order valence-electron chi connectivity index (χ2n) is 6.88. The number of hydrogen-bond donors (Lipinski definition) is 2. The van der Waals surface area contributed by atoms with Gasteiger partial charge in [-0.3, -0.25) is 10.1 Å². The van der Waals surface area contributed by atoms with Crippen molar-refractivity contribution in [1.82, 2.24) is 20.4 Å². The lowest BCUT2D eigenvalue weighted by molar-refractivity contribution is -0.115. The molecular formula is C18H21FN6O2S. The van der Waals surface area contributed by atoms with Gasteiger partial charge in [-0.1, -0.05) is 11.3 Å². The van der Waals surface area contributed by atoms with Crippen molar-refractivity contribution in [3.8, 4) is 0 Å². The number of hydrogen-bond acceptors (Lipinski definition) is 6. The van der Waals surface area contributed by atoms with E-state index in [0.717, 1.165) is 23.5 Å². The Bertz CT molecular complexity index is 846. The van der Waals surface area contributed by atoms with Gasteiger partial charge >= 0.3 is 6.03 Å². The van der Waals surface area contributed by atoms with Gasteiger partial charge in [-0.25, -0.2) is 9.18 Å². The van der Waals surface area contributed by atoms with Gasteiger partial charge in [-0.05, 0) is 37.1 Å². The van der Waals surface area contributed by atoms with Gasteiger partial charge < -0.3 is 15.1 Å². The zero-order chi connectivity index (χ0) is 19.5. The molecule has 0 spiro atoms. The molecule has 1 aromatic carbocycles. The van der Waals surface area contributed by atoms with Crippen LogP contribution in [0.1, 0.15) is 23.8 Å². The van der Waals surface area contributed by atoms with E-state index in [2.05, 4.69) is 25.7 Å². The standard InChI is InChI=1S/C18H21FN6O2S/c19-13-3-5-14(6-4-13)24-7-9-25(10-8-24)18(27)20-11-15(26)21-17-23-22-16(28-17)12-1-2-12/h3-6,12H,1-2,7-11H2,(H,20,27)(H,21,23,26). The van der Waals surface area contributed by atoms with Crippen LogP contribution >= 0.6 is 11.3 Å². The number of aromatic nitrogens is 2. The first kappa shape index (κ1) is 18.6. The lowest BCUT2D eigenvalue weighted by atomic mass is 10.2. The molecule has 8 nitrogen and oxygen atoms in total. The van der Waals surface area contributed by atoms with E-state index in [1.165, 1.54) is 23.5 Å². The van der Waals surface area contributed by atoms with E-state index in [0.29, 0.717) is 37.2 Å². The maximum Gasteiger partial charge on any atom is 0.317 e. The van der Waals surface area contributed by atoms with Gasteiger partial charge in [0.05, 0.1) is 6.54 Å². The highest BCUT2D eigenvalue weighted by Crippen LogP contribution is 2.41. The van der Waals surface area contributed by atoms with Crippen molar-refractivity contribution in [2.45, 2.75) is 18.8 Å². The van der Waals surface area contributed by atoms with Crippen molar-refractivity contribution in [3.63, 3.8) is 0 Å². The Morgan fingerprint density at radius 2 is 1.82 bits per heavy atom. The van der Waals surface area contributed by atoms with Crippen LogP contribution in [0.2, 0.25) is 0 Å². The molecule has 2 N–H and O–H groups in total. The Labute approximate surface area is 165 Å². The fraction of sp³-hybridized carbons (Fsp3) is 0.444. The average molecular weight is 404 g/mol. The van der Waals surface area contributed by atoms with Gasteiger partial charge in [-0.2, -0.15) is 0 Å². The first-order valence-corrected chi connectivity index (χ1v) is 10.1. The van der Waals surface area contributed by atoms with E-state index in [4.69, 9.17) is 0 Å². The van der Waals surface area contributed by atoms with Crippen LogP contribution < -0.4 is 15.5 Å². The monoisotopic (exact) mass is 404 g/mol. The first-order valence-electron chi connectivity index (χ1n) is 9.25. The predicted octanol–water partition coefficient (Wildman–Crippen LogP) is 2.02. The summed E-state index contributed by atoms with van der Waals surface area (Å²) >= 11 is 1.39. The van der Waals surface area contributed by atoms with Crippen LogP contribution in [0.3, 0.4) is 0 Å². The molecule has 2 aromatic rings. The highest BCUT2D eigenvalue weighted by atomic mass is 32.1. The van der Waals surface area contributed by atoms with Crippen LogP contribution in [-0.4, -0.2) is 59.8 Å². The topological polar surface area (TPSA) is 90.5 Å². The van der Waals surface area contributed by atoms with Crippen molar-refractivity contribution in [1.29, 1.82) is 0 Å². The normalized spacial score (nSPS) is 16.8. The van der Waals surface area contributed by atoms with E-state index < -0.39 is 0 Å². The Hall–Kier alpha value is -2.75. The number of piperazine rings is 1. The van der Waals surface area contributed by atoms with E-state index in [1.54, 1.807) is 17.0 Å². The summed E-state index contributed by atoms with van der Waals surface area (Å²) in [6.07, 6.45) is 2.26. The fourth-order valence-electron chi connectivity index (χ4n) is 3.03.